The Kier molecular flexibility index (Phi) is 2.98. The van der Waals surface area contributed by atoms with Crippen LogP contribution in [0.4, 0.5) is 0 Å². The van der Waals surface area contributed by atoms with Crippen LogP contribution in [0.3, 0.4) is 0 Å². The van der Waals surface area contributed by atoms with Gasteiger partial charge in [-0.2, -0.15) is 0 Å². The van der Waals surface area contributed by atoms with Gasteiger partial charge in [-0.1, -0.05) is 48.1 Å². The number of carbonyl (C=O) groups is 1. The first-order chi connectivity index (χ1) is 11.3. The average molecular weight is 302 g/mol. The van der Waals surface area contributed by atoms with Gasteiger partial charge < -0.3 is 0 Å². The summed E-state index contributed by atoms with van der Waals surface area (Å²) in [6, 6.07) is 8.21. The van der Waals surface area contributed by atoms with Crippen LogP contribution < -0.4 is 0 Å². The van der Waals surface area contributed by atoms with Crippen LogP contribution >= 0.6 is 0 Å². The standard InChI is InChI=1S/C22H22O/c23-22-8-5-16-3-1-2-4-20(16)21(22)7-6-19-17-10-14-9-15(12-17)13-18(19)11-14/h1-8,14-15,17-18H,9-13H2/b19-6?,21-7+. The molecule has 4 saturated carbocycles. The smallest absolute Gasteiger partial charge is 0.186 e. The quantitative estimate of drug-likeness (QED) is 0.664. The molecule has 0 radical (unpaired) electrons. The maximum Gasteiger partial charge on any atom is 0.186 e. The highest BCUT2D eigenvalue weighted by atomic mass is 16.1. The lowest BCUT2D eigenvalue weighted by atomic mass is 9.54. The molecule has 0 aliphatic heterocycles. The van der Waals surface area contributed by atoms with Crippen LogP contribution in [-0.4, -0.2) is 5.78 Å². The van der Waals surface area contributed by atoms with E-state index in [0.717, 1.165) is 40.4 Å². The van der Waals surface area contributed by atoms with E-state index in [2.05, 4.69) is 24.3 Å². The number of carbonyl (C=O) groups excluding carboxylic acids is 1. The highest BCUT2D eigenvalue weighted by Crippen LogP contribution is 2.56. The predicted molar refractivity (Wildman–Crippen MR) is 93.6 cm³/mol. The Bertz CT molecular complexity index is 732. The molecule has 0 atom stereocenters. The summed E-state index contributed by atoms with van der Waals surface area (Å²) in [5.74, 6) is 3.72. The van der Waals surface area contributed by atoms with Crippen molar-refractivity contribution in [2.24, 2.45) is 23.7 Å². The van der Waals surface area contributed by atoms with E-state index < -0.39 is 0 Å². The zero-order valence-electron chi connectivity index (χ0n) is 13.4. The van der Waals surface area contributed by atoms with E-state index in [-0.39, 0.29) is 5.78 Å². The van der Waals surface area contributed by atoms with Crippen LogP contribution in [0.2, 0.25) is 0 Å². The van der Waals surface area contributed by atoms with Crippen molar-refractivity contribution in [2.75, 3.05) is 0 Å². The van der Waals surface area contributed by atoms with E-state index in [9.17, 15) is 4.79 Å². The second-order valence-corrected chi connectivity index (χ2v) is 7.84. The first-order valence-electron chi connectivity index (χ1n) is 9.01. The van der Waals surface area contributed by atoms with Crippen molar-refractivity contribution in [2.45, 2.75) is 32.1 Å². The number of ketones is 1. The maximum absolute atomic E-state index is 12.4. The van der Waals surface area contributed by atoms with Crippen molar-refractivity contribution < 1.29 is 4.79 Å². The molecule has 0 amide bonds. The lowest BCUT2D eigenvalue weighted by molar-refractivity contribution is -0.109. The molecule has 1 heteroatoms. The highest BCUT2D eigenvalue weighted by Gasteiger charge is 2.44. The first kappa shape index (κ1) is 13.5. The minimum Gasteiger partial charge on any atom is -0.289 e. The first-order valence-corrected chi connectivity index (χ1v) is 9.01. The molecule has 0 aromatic heterocycles. The summed E-state index contributed by atoms with van der Waals surface area (Å²) in [5.41, 5.74) is 4.75. The van der Waals surface area contributed by atoms with E-state index in [1.807, 2.05) is 18.2 Å². The van der Waals surface area contributed by atoms with Crippen molar-refractivity contribution in [3.05, 3.63) is 59.2 Å². The van der Waals surface area contributed by atoms with Crippen molar-refractivity contribution in [1.82, 2.24) is 0 Å². The van der Waals surface area contributed by atoms with E-state index in [4.69, 9.17) is 0 Å². The third kappa shape index (κ3) is 2.17. The van der Waals surface area contributed by atoms with Crippen molar-refractivity contribution >= 4 is 17.4 Å². The Labute approximate surface area is 137 Å². The minimum atomic E-state index is 0.143. The molecule has 5 aliphatic carbocycles. The third-order valence-corrected chi connectivity index (χ3v) is 6.45. The molecule has 1 aromatic carbocycles. The molecule has 5 aliphatic rings. The summed E-state index contributed by atoms with van der Waals surface area (Å²) in [4.78, 5) is 12.4. The van der Waals surface area contributed by atoms with E-state index in [0.29, 0.717) is 0 Å². The predicted octanol–water partition coefficient (Wildman–Crippen LogP) is 5.05. The number of benzene rings is 1. The fourth-order valence-electron chi connectivity index (χ4n) is 5.63. The SMILES string of the molecule is O=C1C=Cc2ccccc2/C1=C\C=C1C2CC3CC(C2)CC1C3. The van der Waals surface area contributed by atoms with Crippen LogP contribution in [0.5, 0.6) is 0 Å². The molecular formula is C22H22O. The molecule has 1 nitrogen and oxygen atoms in total. The fraction of sp³-hybridized carbons (Fsp3) is 0.409. The summed E-state index contributed by atoms with van der Waals surface area (Å²) < 4.78 is 0. The van der Waals surface area contributed by atoms with Gasteiger partial charge in [0.15, 0.2) is 5.78 Å². The van der Waals surface area contributed by atoms with Crippen LogP contribution in [0, 0.1) is 23.7 Å². The second-order valence-electron chi connectivity index (χ2n) is 7.84. The van der Waals surface area contributed by atoms with Gasteiger partial charge in [0.05, 0.1) is 0 Å². The number of hydrogen-bond donors (Lipinski definition) is 0. The van der Waals surface area contributed by atoms with Gasteiger partial charge in [-0.15, -0.1) is 0 Å². The Hall–Kier alpha value is -1.89. The van der Waals surface area contributed by atoms with Crippen molar-refractivity contribution in [1.29, 1.82) is 0 Å². The van der Waals surface area contributed by atoms with E-state index in [1.54, 1.807) is 11.6 Å². The van der Waals surface area contributed by atoms with Gasteiger partial charge in [0.2, 0.25) is 0 Å². The van der Waals surface area contributed by atoms with Crippen LogP contribution in [0.15, 0.2) is 48.1 Å². The van der Waals surface area contributed by atoms with Gasteiger partial charge in [-0.05, 0) is 73.0 Å². The highest BCUT2D eigenvalue weighted by molar-refractivity contribution is 6.30. The van der Waals surface area contributed by atoms with Gasteiger partial charge in [0.1, 0.15) is 0 Å². The second kappa shape index (κ2) is 5.06. The summed E-state index contributed by atoms with van der Waals surface area (Å²) in [5, 5.41) is 0. The van der Waals surface area contributed by atoms with Crippen molar-refractivity contribution in [3.63, 3.8) is 0 Å². The molecular weight excluding hydrogens is 280 g/mol. The van der Waals surface area contributed by atoms with Gasteiger partial charge in [-0.3, -0.25) is 4.79 Å². The number of allylic oxidation sites excluding steroid dienone is 5. The monoisotopic (exact) mass is 302 g/mol. The molecule has 0 N–H and O–H groups in total. The molecule has 0 unspecified atom stereocenters. The molecule has 6 rings (SSSR count). The summed E-state index contributed by atoms with van der Waals surface area (Å²) in [6.07, 6.45) is 15.1. The molecule has 4 fully saturated rings. The number of hydrogen-bond acceptors (Lipinski definition) is 1. The van der Waals surface area contributed by atoms with E-state index >= 15 is 0 Å². The summed E-state index contributed by atoms with van der Waals surface area (Å²) in [6.45, 7) is 0. The Morgan fingerprint density at radius 2 is 1.52 bits per heavy atom. The normalized spacial score (nSPS) is 35.7. The van der Waals surface area contributed by atoms with Crippen molar-refractivity contribution in [3.8, 4) is 0 Å². The fourth-order valence-corrected chi connectivity index (χ4v) is 5.63. The zero-order valence-corrected chi connectivity index (χ0v) is 13.4. The van der Waals surface area contributed by atoms with E-state index in [1.165, 1.54) is 32.1 Å². The number of fused-ring (bicyclic) bond motifs is 1. The maximum atomic E-state index is 12.4. The summed E-state index contributed by atoms with van der Waals surface area (Å²) >= 11 is 0. The molecule has 0 heterocycles. The van der Waals surface area contributed by atoms with Gasteiger partial charge in [0, 0.05) is 5.57 Å². The Morgan fingerprint density at radius 3 is 2.26 bits per heavy atom. The minimum absolute atomic E-state index is 0.143. The van der Waals surface area contributed by atoms with Crippen LogP contribution in [0.1, 0.15) is 43.2 Å². The largest absolute Gasteiger partial charge is 0.289 e. The Balaban J connectivity index is 1.52. The Morgan fingerprint density at radius 1 is 0.826 bits per heavy atom. The lowest BCUT2D eigenvalue weighted by Crippen LogP contribution is -2.40. The molecule has 0 spiro atoms. The molecule has 4 bridgehead atoms. The molecule has 23 heavy (non-hydrogen) atoms. The van der Waals surface area contributed by atoms with Gasteiger partial charge in [-0.25, -0.2) is 0 Å². The topological polar surface area (TPSA) is 17.1 Å². The molecule has 116 valence electrons. The lowest BCUT2D eigenvalue weighted by Gasteiger charge is -2.51. The average Bonchev–Trinajstić information content (AvgIpc) is 2.55. The van der Waals surface area contributed by atoms with Gasteiger partial charge >= 0.3 is 0 Å². The van der Waals surface area contributed by atoms with Crippen LogP contribution in [-0.2, 0) is 4.79 Å². The molecule has 0 saturated heterocycles. The zero-order chi connectivity index (χ0) is 15.4. The number of rotatable bonds is 1. The molecule has 1 aromatic rings. The summed E-state index contributed by atoms with van der Waals surface area (Å²) in [7, 11) is 0. The third-order valence-electron chi connectivity index (χ3n) is 6.45. The van der Waals surface area contributed by atoms with Crippen LogP contribution in [0.25, 0.3) is 11.6 Å². The van der Waals surface area contributed by atoms with Gasteiger partial charge in [0.25, 0.3) is 0 Å².